The van der Waals surface area contributed by atoms with Crippen molar-refractivity contribution in [1.29, 1.82) is 0 Å². The van der Waals surface area contributed by atoms with E-state index in [0.29, 0.717) is 39.3 Å². The van der Waals surface area contributed by atoms with Gasteiger partial charge < -0.3 is 14.5 Å². The van der Waals surface area contributed by atoms with Gasteiger partial charge in [-0.25, -0.2) is 0 Å². The summed E-state index contributed by atoms with van der Waals surface area (Å²) >= 11 is 0. The Morgan fingerprint density at radius 2 is 1.78 bits per heavy atom. The van der Waals surface area contributed by atoms with Crippen LogP contribution in [-0.4, -0.2) is 52.4 Å². The number of morpholine rings is 1. The van der Waals surface area contributed by atoms with Gasteiger partial charge in [0.05, 0.1) is 25.7 Å². The highest BCUT2D eigenvalue weighted by molar-refractivity contribution is 5.81. The Morgan fingerprint density at radius 3 is 2.48 bits per heavy atom. The summed E-state index contributed by atoms with van der Waals surface area (Å²) in [6, 6.07) is 13.5. The summed E-state index contributed by atoms with van der Waals surface area (Å²) < 4.78 is 5.56. The molecule has 6 nitrogen and oxygen atoms in total. The summed E-state index contributed by atoms with van der Waals surface area (Å²) in [4.78, 5) is 33.5. The average molecular weight is 365 g/mol. The second kappa shape index (κ2) is 7.88. The highest BCUT2D eigenvalue weighted by atomic mass is 16.5. The highest BCUT2D eigenvalue weighted by Gasteiger charge is 2.32. The van der Waals surface area contributed by atoms with Crippen LogP contribution >= 0.6 is 0 Å². The Balaban J connectivity index is 1.39. The van der Waals surface area contributed by atoms with Crippen LogP contribution in [0.3, 0.4) is 0 Å². The zero-order valence-electron chi connectivity index (χ0n) is 15.2. The minimum Gasteiger partial charge on any atom is -0.377 e. The molecule has 4 rings (SSSR count). The van der Waals surface area contributed by atoms with E-state index in [-0.39, 0.29) is 24.3 Å². The number of aromatic nitrogens is 1. The number of hydrogen-bond acceptors (Lipinski definition) is 4. The molecular weight excluding hydrogens is 342 g/mol. The molecule has 2 aromatic rings. The third-order valence-corrected chi connectivity index (χ3v) is 5.21. The van der Waals surface area contributed by atoms with Crippen molar-refractivity contribution in [2.45, 2.75) is 32.0 Å². The molecule has 0 spiro atoms. The van der Waals surface area contributed by atoms with Gasteiger partial charge in [0.2, 0.25) is 11.8 Å². The van der Waals surface area contributed by atoms with Crippen LogP contribution in [0.25, 0.3) is 0 Å². The number of nitrogens with zero attached hydrogens (tertiary/aromatic N) is 3. The van der Waals surface area contributed by atoms with Crippen molar-refractivity contribution in [3.63, 3.8) is 0 Å². The maximum absolute atomic E-state index is 12.8. The van der Waals surface area contributed by atoms with Crippen molar-refractivity contribution in [2.24, 2.45) is 0 Å². The van der Waals surface area contributed by atoms with E-state index in [9.17, 15) is 9.59 Å². The lowest BCUT2D eigenvalue weighted by Crippen LogP contribution is -2.51. The molecule has 0 bridgehead atoms. The number of carbonyl (C=O) groups is 2. The van der Waals surface area contributed by atoms with Crippen LogP contribution in [0.1, 0.15) is 23.2 Å². The van der Waals surface area contributed by atoms with Gasteiger partial charge in [0.15, 0.2) is 0 Å². The lowest BCUT2D eigenvalue weighted by atomic mass is 10.1. The van der Waals surface area contributed by atoms with E-state index in [0.717, 1.165) is 5.69 Å². The molecule has 2 amide bonds. The van der Waals surface area contributed by atoms with E-state index < -0.39 is 0 Å². The van der Waals surface area contributed by atoms with Crippen molar-refractivity contribution in [2.75, 3.05) is 19.8 Å². The van der Waals surface area contributed by atoms with Crippen molar-refractivity contribution >= 4 is 11.8 Å². The number of rotatable bonds is 4. The molecule has 27 heavy (non-hydrogen) atoms. The van der Waals surface area contributed by atoms with Crippen LogP contribution in [0.5, 0.6) is 0 Å². The van der Waals surface area contributed by atoms with Gasteiger partial charge in [0.1, 0.15) is 0 Å². The van der Waals surface area contributed by atoms with Gasteiger partial charge in [-0.15, -0.1) is 0 Å². The van der Waals surface area contributed by atoms with Gasteiger partial charge in [0.25, 0.3) is 0 Å². The SMILES string of the molecule is O=C(CC1COCCN1C(=O)Cc1ccccn1)N1Cc2ccccc2C1. The van der Waals surface area contributed by atoms with Crippen LogP contribution in [0.15, 0.2) is 48.7 Å². The topological polar surface area (TPSA) is 62.7 Å². The second-order valence-electron chi connectivity index (χ2n) is 7.04. The fraction of sp³-hybridized carbons (Fsp3) is 0.381. The molecule has 1 unspecified atom stereocenters. The van der Waals surface area contributed by atoms with Crippen molar-refractivity contribution in [3.05, 3.63) is 65.5 Å². The number of pyridine rings is 1. The van der Waals surface area contributed by atoms with Crippen LogP contribution < -0.4 is 0 Å². The summed E-state index contributed by atoms with van der Waals surface area (Å²) in [6.45, 7) is 2.72. The van der Waals surface area contributed by atoms with E-state index in [1.165, 1.54) is 11.1 Å². The van der Waals surface area contributed by atoms with Crippen LogP contribution in [-0.2, 0) is 33.8 Å². The summed E-state index contributed by atoms with van der Waals surface area (Å²) in [5.41, 5.74) is 3.15. The molecule has 140 valence electrons. The third-order valence-electron chi connectivity index (χ3n) is 5.21. The Hall–Kier alpha value is -2.73. The zero-order valence-corrected chi connectivity index (χ0v) is 15.2. The first kappa shape index (κ1) is 17.7. The Bertz CT molecular complexity index is 799. The molecular formula is C21H23N3O3. The fourth-order valence-electron chi connectivity index (χ4n) is 3.75. The smallest absolute Gasteiger partial charge is 0.229 e. The number of hydrogen-bond donors (Lipinski definition) is 0. The van der Waals surface area contributed by atoms with Gasteiger partial charge in [0, 0.05) is 37.9 Å². The summed E-state index contributed by atoms with van der Waals surface area (Å²) in [6.07, 6.45) is 2.23. The maximum atomic E-state index is 12.8. The molecule has 3 heterocycles. The molecule has 6 heteroatoms. The molecule has 0 N–H and O–H groups in total. The van der Waals surface area contributed by atoms with Crippen LogP contribution in [0.4, 0.5) is 0 Å². The van der Waals surface area contributed by atoms with Gasteiger partial charge >= 0.3 is 0 Å². The first-order valence-electron chi connectivity index (χ1n) is 9.32. The highest BCUT2D eigenvalue weighted by Crippen LogP contribution is 2.24. The molecule has 0 aliphatic carbocycles. The fourth-order valence-corrected chi connectivity index (χ4v) is 3.75. The first-order chi connectivity index (χ1) is 13.2. The summed E-state index contributed by atoms with van der Waals surface area (Å²) in [5, 5.41) is 0. The van der Waals surface area contributed by atoms with E-state index in [1.807, 2.05) is 35.2 Å². The van der Waals surface area contributed by atoms with E-state index >= 15 is 0 Å². The number of amides is 2. The maximum Gasteiger partial charge on any atom is 0.229 e. The van der Waals surface area contributed by atoms with E-state index in [4.69, 9.17) is 4.74 Å². The van der Waals surface area contributed by atoms with Crippen molar-refractivity contribution < 1.29 is 14.3 Å². The van der Waals surface area contributed by atoms with Crippen LogP contribution in [0, 0.1) is 0 Å². The minimum atomic E-state index is -0.217. The zero-order chi connectivity index (χ0) is 18.6. The quantitative estimate of drug-likeness (QED) is 0.829. The van der Waals surface area contributed by atoms with Crippen molar-refractivity contribution in [3.8, 4) is 0 Å². The monoisotopic (exact) mass is 365 g/mol. The molecule has 1 aromatic heterocycles. The number of ether oxygens (including phenoxy) is 1. The number of carbonyl (C=O) groups excluding carboxylic acids is 2. The standard InChI is InChI=1S/C21H23N3O3/c25-20(23-13-16-5-1-2-6-17(16)14-23)12-19-15-27-10-9-24(19)21(26)11-18-7-3-4-8-22-18/h1-8,19H,9-15H2. The molecule has 0 radical (unpaired) electrons. The Kier molecular flexibility index (Phi) is 5.16. The summed E-state index contributed by atoms with van der Waals surface area (Å²) in [5.74, 6) is 0.0665. The van der Waals surface area contributed by atoms with Gasteiger partial charge in [-0.2, -0.15) is 0 Å². The largest absolute Gasteiger partial charge is 0.377 e. The molecule has 1 atom stereocenters. The molecule has 2 aliphatic rings. The van der Waals surface area contributed by atoms with Gasteiger partial charge in [-0.1, -0.05) is 30.3 Å². The lowest BCUT2D eigenvalue weighted by Gasteiger charge is -2.36. The predicted octanol–water partition coefficient (Wildman–Crippen LogP) is 1.78. The summed E-state index contributed by atoms with van der Waals surface area (Å²) in [7, 11) is 0. The molecule has 1 aromatic carbocycles. The molecule has 0 saturated carbocycles. The normalized spacial score (nSPS) is 19.0. The predicted molar refractivity (Wildman–Crippen MR) is 99.6 cm³/mol. The molecule has 1 saturated heterocycles. The van der Waals surface area contributed by atoms with Gasteiger partial charge in [-0.05, 0) is 23.3 Å². The molecule has 1 fully saturated rings. The average Bonchev–Trinajstić information content (AvgIpc) is 3.13. The number of benzene rings is 1. The second-order valence-corrected chi connectivity index (χ2v) is 7.04. The van der Waals surface area contributed by atoms with E-state index in [1.54, 1.807) is 11.1 Å². The molecule has 2 aliphatic heterocycles. The number of fused-ring (bicyclic) bond motifs is 1. The lowest BCUT2D eigenvalue weighted by molar-refractivity contribution is -0.143. The third kappa shape index (κ3) is 4.01. The van der Waals surface area contributed by atoms with Crippen molar-refractivity contribution in [1.82, 2.24) is 14.8 Å². The van der Waals surface area contributed by atoms with E-state index in [2.05, 4.69) is 17.1 Å². The minimum absolute atomic E-state index is 0.000456. The Labute approximate surface area is 158 Å². The Morgan fingerprint density at radius 1 is 1.04 bits per heavy atom. The van der Waals surface area contributed by atoms with Crippen LogP contribution in [0.2, 0.25) is 0 Å². The first-order valence-corrected chi connectivity index (χ1v) is 9.32. The van der Waals surface area contributed by atoms with Gasteiger partial charge in [-0.3, -0.25) is 14.6 Å².